The zero-order valence-electron chi connectivity index (χ0n) is 10.3. The molecule has 1 aliphatic heterocycles. The average molecular weight is 253 g/mol. The van der Waals surface area contributed by atoms with Gasteiger partial charge in [0.15, 0.2) is 0 Å². The van der Waals surface area contributed by atoms with Gasteiger partial charge in [-0.1, -0.05) is 0 Å². The summed E-state index contributed by atoms with van der Waals surface area (Å²) >= 11 is 0. The lowest BCUT2D eigenvalue weighted by Crippen LogP contribution is -2.29. The highest BCUT2D eigenvalue weighted by Gasteiger charge is 2.18. The van der Waals surface area contributed by atoms with E-state index in [1.54, 1.807) is 6.07 Å². The predicted octanol–water partition coefficient (Wildman–Crippen LogP) is 2.33. The number of aromatic hydroxyl groups is 1. The summed E-state index contributed by atoms with van der Waals surface area (Å²) in [6, 6.07) is 4.19. The highest BCUT2D eigenvalue weighted by molar-refractivity contribution is 7.85. The molecule has 4 heteroatoms. The fourth-order valence-corrected chi connectivity index (χ4v) is 3.41. The number of hydrogen-bond donors (Lipinski definition) is 2. The maximum absolute atomic E-state index is 11.3. The van der Waals surface area contributed by atoms with Gasteiger partial charge in [0.25, 0.3) is 0 Å². The molecule has 0 aliphatic carbocycles. The fraction of sp³-hybridized carbons (Fsp3) is 0.538. The van der Waals surface area contributed by atoms with Gasteiger partial charge in [0.05, 0.1) is 0 Å². The van der Waals surface area contributed by atoms with Crippen molar-refractivity contribution in [2.45, 2.75) is 32.7 Å². The zero-order chi connectivity index (χ0) is 12.4. The van der Waals surface area contributed by atoms with Gasteiger partial charge < -0.3 is 10.4 Å². The second-order valence-electron chi connectivity index (χ2n) is 4.72. The minimum Gasteiger partial charge on any atom is -0.508 e. The lowest BCUT2D eigenvalue weighted by molar-refractivity contribution is 0.470. The molecule has 3 nitrogen and oxygen atoms in total. The molecule has 2 N–H and O–H groups in total. The van der Waals surface area contributed by atoms with Crippen LogP contribution in [0.25, 0.3) is 0 Å². The van der Waals surface area contributed by atoms with Crippen LogP contribution in [0.15, 0.2) is 12.1 Å². The van der Waals surface area contributed by atoms with E-state index in [9.17, 15) is 9.32 Å². The molecule has 1 saturated heterocycles. The first-order valence-electron chi connectivity index (χ1n) is 5.98. The Bertz CT molecular complexity index is 435. The predicted molar refractivity (Wildman–Crippen MR) is 72.1 cm³/mol. The van der Waals surface area contributed by atoms with Crippen molar-refractivity contribution in [3.05, 3.63) is 23.3 Å². The molecule has 17 heavy (non-hydrogen) atoms. The molecule has 1 aromatic carbocycles. The van der Waals surface area contributed by atoms with Crippen molar-refractivity contribution in [3.8, 4) is 5.75 Å². The Balaban J connectivity index is 2.08. The Morgan fingerprint density at radius 1 is 1.24 bits per heavy atom. The summed E-state index contributed by atoms with van der Waals surface area (Å²) in [7, 11) is -0.612. The second-order valence-corrected chi connectivity index (χ2v) is 6.42. The monoisotopic (exact) mass is 253 g/mol. The third kappa shape index (κ3) is 3.00. The zero-order valence-corrected chi connectivity index (χ0v) is 11.1. The summed E-state index contributed by atoms with van der Waals surface area (Å²) in [5.74, 6) is 1.94. The van der Waals surface area contributed by atoms with E-state index in [4.69, 9.17) is 0 Å². The van der Waals surface area contributed by atoms with Gasteiger partial charge in [0, 0.05) is 34.0 Å². The summed E-state index contributed by atoms with van der Waals surface area (Å²) in [5.41, 5.74) is 3.02. The van der Waals surface area contributed by atoms with Crippen molar-refractivity contribution in [2.75, 3.05) is 16.8 Å². The van der Waals surface area contributed by atoms with Gasteiger partial charge >= 0.3 is 0 Å². The van der Waals surface area contributed by atoms with Gasteiger partial charge in [0.2, 0.25) is 0 Å². The number of benzene rings is 1. The fourth-order valence-electron chi connectivity index (χ4n) is 2.11. The standard InChI is InChI=1S/C13H19NO2S/c1-9-8-13(15)10(2)7-12(9)14-11-3-5-17(16)6-4-11/h7-8,11,14-15H,3-6H2,1-2H3. The lowest BCUT2D eigenvalue weighted by atomic mass is 10.1. The molecule has 0 unspecified atom stereocenters. The number of phenols is 1. The van der Waals surface area contributed by atoms with E-state index in [2.05, 4.69) is 5.32 Å². The van der Waals surface area contributed by atoms with E-state index in [0.29, 0.717) is 11.8 Å². The number of aryl methyl sites for hydroxylation is 2. The normalized spacial score (nSPS) is 24.6. The van der Waals surface area contributed by atoms with Crippen molar-refractivity contribution in [2.24, 2.45) is 0 Å². The van der Waals surface area contributed by atoms with Crippen molar-refractivity contribution in [3.63, 3.8) is 0 Å². The van der Waals surface area contributed by atoms with Crippen LogP contribution in [-0.4, -0.2) is 26.9 Å². The van der Waals surface area contributed by atoms with E-state index in [1.165, 1.54) is 0 Å². The molecule has 0 spiro atoms. The Labute approximate surface area is 105 Å². The van der Waals surface area contributed by atoms with Crippen LogP contribution < -0.4 is 5.32 Å². The molecule has 1 heterocycles. The Morgan fingerprint density at radius 3 is 2.53 bits per heavy atom. The molecule has 0 amide bonds. The van der Waals surface area contributed by atoms with Crippen LogP contribution in [0.3, 0.4) is 0 Å². The number of phenolic OH excluding ortho intramolecular Hbond substituents is 1. The first-order chi connectivity index (χ1) is 8.06. The van der Waals surface area contributed by atoms with E-state index in [1.807, 2.05) is 19.9 Å². The smallest absolute Gasteiger partial charge is 0.118 e. The third-order valence-corrected chi connectivity index (χ3v) is 4.67. The third-order valence-electron chi connectivity index (χ3n) is 3.29. The van der Waals surface area contributed by atoms with Crippen molar-refractivity contribution < 1.29 is 9.32 Å². The summed E-state index contributed by atoms with van der Waals surface area (Å²) in [6.07, 6.45) is 1.93. The summed E-state index contributed by atoms with van der Waals surface area (Å²) in [5, 5.41) is 13.1. The van der Waals surface area contributed by atoms with Crippen LogP contribution in [0.5, 0.6) is 5.75 Å². The Hall–Kier alpha value is -1.03. The van der Waals surface area contributed by atoms with Gasteiger partial charge in [0.1, 0.15) is 5.75 Å². The number of anilines is 1. The molecule has 0 atom stereocenters. The minimum atomic E-state index is -0.612. The first-order valence-corrected chi connectivity index (χ1v) is 7.47. The lowest BCUT2D eigenvalue weighted by Gasteiger charge is -2.24. The highest BCUT2D eigenvalue weighted by Crippen LogP contribution is 2.26. The number of hydrogen-bond acceptors (Lipinski definition) is 3. The SMILES string of the molecule is Cc1cc(NC2CCS(=O)CC2)c(C)cc1O. The summed E-state index contributed by atoms with van der Waals surface area (Å²) in [6.45, 7) is 3.89. The van der Waals surface area contributed by atoms with E-state index < -0.39 is 10.8 Å². The largest absolute Gasteiger partial charge is 0.508 e. The van der Waals surface area contributed by atoms with Gasteiger partial charge in [-0.05, 0) is 49.9 Å². The van der Waals surface area contributed by atoms with Crippen molar-refractivity contribution in [1.82, 2.24) is 0 Å². The Kier molecular flexibility index (Phi) is 3.72. The maximum atomic E-state index is 11.3. The number of rotatable bonds is 2. The quantitative estimate of drug-likeness (QED) is 0.795. The molecule has 1 fully saturated rings. The molecular weight excluding hydrogens is 234 g/mol. The minimum absolute atomic E-state index is 0.345. The molecule has 1 aliphatic rings. The molecule has 0 saturated carbocycles. The maximum Gasteiger partial charge on any atom is 0.118 e. The molecular formula is C13H19NO2S. The van der Waals surface area contributed by atoms with Gasteiger partial charge in [-0.3, -0.25) is 4.21 Å². The van der Waals surface area contributed by atoms with E-state index in [-0.39, 0.29) is 0 Å². The Morgan fingerprint density at radius 2 is 1.88 bits per heavy atom. The molecule has 0 aromatic heterocycles. The first kappa shape index (κ1) is 12.4. The van der Waals surface area contributed by atoms with Gasteiger partial charge in [-0.2, -0.15) is 0 Å². The highest BCUT2D eigenvalue weighted by atomic mass is 32.2. The summed E-state index contributed by atoms with van der Waals surface area (Å²) in [4.78, 5) is 0. The van der Waals surface area contributed by atoms with Crippen LogP contribution in [0, 0.1) is 13.8 Å². The van der Waals surface area contributed by atoms with Crippen LogP contribution >= 0.6 is 0 Å². The van der Waals surface area contributed by atoms with Crippen LogP contribution in [-0.2, 0) is 10.8 Å². The van der Waals surface area contributed by atoms with Gasteiger partial charge in [-0.25, -0.2) is 0 Å². The molecule has 2 rings (SSSR count). The second kappa shape index (κ2) is 5.08. The van der Waals surface area contributed by atoms with E-state index >= 15 is 0 Å². The van der Waals surface area contributed by atoms with Crippen LogP contribution in [0.2, 0.25) is 0 Å². The van der Waals surface area contributed by atoms with Crippen LogP contribution in [0.4, 0.5) is 5.69 Å². The average Bonchev–Trinajstić information content (AvgIpc) is 2.29. The molecule has 0 bridgehead atoms. The van der Waals surface area contributed by atoms with Crippen molar-refractivity contribution in [1.29, 1.82) is 0 Å². The van der Waals surface area contributed by atoms with Crippen LogP contribution in [0.1, 0.15) is 24.0 Å². The summed E-state index contributed by atoms with van der Waals surface area (Å²) < 4.78 is 11.3. The van der Waals surface area contributed by atoms with Gasteiger partial charge in [-0.15, -0.1) is 0 Å². The molecule has 94 valence electrons. The number of nitrogens with one attached hydrogen (secondary N) is 1. The molecule has 1 aromatic rings. The topological polar surface area (TPSA) is 49.3 Å². The van der Waals surface area contributed by atoms with Crippen molar-refractivity contribution >= 4 is 16.5 Å². The van der Waals surface area contributed by atoms with E-state index in [0.717, 1.165) is 41.2 Å². The molecule has 0 radical (unpaired) electrons.